The number of H-pyrrole nitrogens is 1. The molecule has 1 saturated carbocycles. The first-order valence-electron chi connectivity index (χ1n) is 10.7. The summed E-state index contributed by atoms with van der Waals surface area (Å²) in [6, 6.07) is 7.85. The van der Waals surface area contributed by atoms with Crippen molar-refractivity contribution in [3.05, 3.63) is 30.5 Å². The molecule has 0 aliphatic heterocycles. The number of benzene rings is 1. The molecular formula is C23H34BrN3O3. The zero-order valence-electron chi connectivity index (χ0n) is 18.1. The highest BCUT2D eigenvalue weighted by Gasteiger charge is 2.38. The number of amides is 1. The Hall–Kier alpha value is -1.57. The number of nitrogens with one attached hydrogen (secondary N) is 3. The Bertz CT molecular complexity index is 843. The number of carbonyl (C=O) groups excluding carboxylic acids is 1. The second-order valence-electron chi connectivity index (χ2n) is 9.28. The quantitative estimate of drug-likeness (QED) is 0.412. The molecule has 6 nitrogen and oxygen atoms in total. The summed E-state index contributed by atoms with van der Waals surface area (Å²) in [5.74, 6) is 1.32. The number of fused-ring (bicyclic) bond motifs is 1. The van der Waals surface area contributed by atoms with Crippen molar-refractivity contribution in [2.24, 2.45) is 5.92 Å². The lowest BCUT2D eigenvalue weighted by Crippen LogP contribution is -2.54. The standard InChI is InChI=1S/C23H34BrN3O3/c1-22(2,16-7-10-23(3,11-8-16)27-21(29)13-24)26-14-17(28)15-30-20-6-4-5-19-18(20)9-12-25-19/h4-6,9,12,16-17,25-26,28H,7-8,10-11,13-15H2,1-3H3,(H,27,29)/t16?,17-,23?/m0/s1. The van der Waals surface area contributed by atoms with E-state index in [1.54, 1.807) is 0 Å². The first-order chi connectivity index (χ1) is 14.2. The number of aliphatic hydroxyl groups is 1. The summed E-state index contributed by atoms with van der Waals surface area (Å²) in [5.41, 5.74) is 0.810. The zero-order valence-corrected chi connectivity index (χ0v) is 19.7. The van der Waals surface area contributed by atoms with E-state index in [-0.39, 0.29) is 23.6 Å². The Labute approximate surface area is 187 Å². The minimum atomic E-state index is -0.592. The van der Waals surface area contributed by atoms with Crippen molar-refractivity contribution < 1.29 is 14.6 Å². The Balaban J connectivity index is 1.45. The maximum Gasteiger partial charge on any atom is 0.231 e. The molecule has 1 fully saturated rings. The van der Waals surface area contributed by atoms with Gasteiger partial charge in [-0.2, -0.15) is 0 Å². The van der Waals surface area contributed by atoms with Crippen LogP contribution >= 0.6 is 15.9 Å². The van der Waals surface area contributed by atoms with Gasteiger partial charge in [0, 0.05) is 34.7 Å². The van der Waals surface area contributed by atoms with Crippen LogP contribution in [0.5, 0.6) is 5.75 Å². The van der Waals surface area contributed by atoms with Crippen LogP contribution in [0.4, 0.5) is 0 Å². The van der Waals surface area contributed by atoms with Crippen molar-refractivity contribution in [3.8, 4) is 5.75 Å². The van der Waals surface area contributed by atoms with Crippen LogP contribution in [0.25, 0.3) is 10.9 Å². The normalized spacial score (nSPS) is 23.3. The van der Waals surface area contributed by atoms with Crippen molar-refractivity contribution in [2.75, 3.05) is 18.5 Å². The molecule has 3 rings (SSSR count). The van der Waals surface area contributed by atoms with Crippen LogP contribution in [0, 0.1) is 5.92 Å². The van der Waals surface area contributed by atoms with Crippen LogP contribution in [-0.4, -0.2) is 51.7 Å². The molecule has 2 aromatic rings. The lowest BCUT2D eigenvalue weighted by Gasteiger charge is -2.44. The fourth-order valence-corrected chi connectivity index (χ4v) is 4.56. The number of hydrogen-bond acceptors (Lipinski definition) is 4. The molecule has 1 aromatic carbocycles. The Kier molecular flexibility index (Phi) is 7.47. The van der Waals surface area contributed by atoms with Gasteiger partial charge in [0.2, 0.25) is 5.91 Å². The van der Waals surface area contributed by atoms with Gasteiger partial charge in [-0.05, 0) is 70.6 Å². The number of hydrogen-bond donors (Lipinski definition) is 4. The molecule has 1 amide bonds. The van der Waals surface area contributed by atoms with Crippen molar-refractivity contribution >= 4 is 32.7 Å². The summed E-state index contributed by atoms with van der Waals surface area (Å²) in [4.78, 5) is 14.9. The van der Waals surface area contributed by atoms with E-state index in [1.807, 2.05) is 30.5 Å². The monoisotopic (exact) mass is 479 g/mol. The number of ether oxygens (including phenoxy) is 1. The molecule has 30 heavy (non-hydrogen) atoms. The number of β-amino-alcohol motifs (C(OH)–C–C–N with tert-alkyl or cyclic N) is 1. The van der Waals surface area contributed by atoms with Gasteiger partial charge in [-0.15, -0.1) is 0 Å². The predicted molar refractivity (Wildman–Crippen MR) is 124 cm³/mol. The lowest BCUT2D eigenvalue weighted by atomic mass is 9.70. The number of aromatic amines is 1. The van der Waals surface area contributed by atoms with Crippen LogP contribution in [0.1, 0.15) is 46.5 Å². The van der Waals surface area contributed by atoms with Crippen LogP contribution in [0.15, 0.2) is 30.5 Å². The Morgan fingerprint density at radius 1 is 1.37 bits per heavy atom. The van der Waals surface area contributed by atoms with Gasteiger partial charge in [0.1, 0.15) is 18.5 Å². The van der Waals surface area contributed by atoms with Gasteiger partial charge in [0.15, 0.2) is 0 Å². The molecular weight excluding hydrogens is 446 g/mol. The summed E-state index contributed by atoms with van der Waals surface area (Å²) in [7, 11) is 0. The topological polar surface area (TPSA) is 86.4 Å². The van der Waals surface area contributed by atoms with E-state index in [0.717, 1.165) is 42.3 Å². The van der Waals surface area contributed by atoms with Crippen molar-refractivity contribution in [1.29, 1.82) is 0 Å². The third-order valence-electron chi connectivity index (χ3n) is 6.45. The molecule has 1 aliphatic carbocycles. The first kappa shape index (κ1) is 23.1. The van der Waals surface area contributed by atoms with Gasteiger partial charge < -0.3 is 25.5 Å². The molecule has 0 saturated heterocycles. The minimum absolute atomic E-state index is 0.0480. The fourth-order valence-electron chi connectivity index (χ4n) is 4.42. The summed E-state index contributed by atoms with van der Waals surface area (Å²) in [5, 5.41) is 18.5. The van der Waals surface area contributed by atoms with E-state index in [2.05, 4.69) is 52.3 Å². The molecule has 0 unspecified atom stereocenters. The fraction of sp³-hybridized carbons (Fsp3) is 0.609. The number of carbonyl (C=O) groups is 1. The second-order valence-corrected chi connectivity index (χ2v) is 9.84. The predicted octanol–water partition coefficient (Wildman–Crippen LogP) is 3.74. The van der Waals surface area contributed by atoms with Crippen molar-refractivity contribution in [2.45, 2.75) is 63.6 Å². The van der Waals surface area contributed by atoms with E-state index in [4.69, 9.17) is 4.74 Å². The smallest absolute Gasteiger partial charge is 0.231 e. The molecule has 1 atom stereocenters. The SMILES string of the molecule is CC1(NC(=O)CBr)CCC(C(C)(C)NC[C@H](O)COc2cccc3[nH]ccc23)CC1. The highest BCUT2D eigenvalue weighted by molar-refractivity contribution is 9.09. The van der Waals surface area contributed by atoms with E-state index >= 15 is 0 Å². The molecule has 7 heteroatoms. The molecule has 0 bridgehead atoms. The van der Waals surface area contributed by atoms with E-state index in [9.17, 15) is 9.90 Å². The van der Waals surface area contributed by atoms with Gasteiger partial charge in [-0.1, -0.05) is 22.0 Å². The van der Waals surface area contributed by atoms with Crippen molar-refractivity contribution in [3.63, 3.8) is 0 Å². The second kappa shape index (κ2) is 9.71. The number of aliphatic hydroxyl groups excluding tert-OH is 1. The highest BCUT2D eigenvalue weighted by atomic mass is 79.9. The molecule has 0 radical (unpaired) electrons. The summed E-state index contributed by atoms with van der Waals surface area (Å²) in [6.07, 6.45) is 5.31. The first-order valence-corrected chi connectivity index (χ1v) is 11.8. The van der Waals surface area contributed by atoms with Gasteiger partial charge in [0.25, 0.3) is 0 Å². The maximum absolute atomic E-state index is 11.8. The third kappa shape index (κ3) is 5.77. The summed E-state index contributed by atoms with van der Waals surface area (Å²) in [6.45, 7) is 7.26. The maximum atomic E-state index is 11.8. The number of rotatable bonds is 9. The van der Waals surface area contributed by atoms with Crippen LogP contribution < -0.4 is 15.4 Å². The van der Waals surface area contributed by atoms with Crippen LogP contribution in [0.3, 0.4) is 0 Å². The number of alkyl halides is 1. The van der Waals surface area contributed by atoms with E-state index in [0.29, 0.717) is 17.8 Å². The average Bonchev–Trinajstić information content (AvgIpc) is 3.20. The number of halogens is 1. The zero-order chi connectivity index (χ0) is 21.8. The van der Waals surface area contributed by atoms with Crippen molar-refractivity contribution in [1.82, 2.24) is 15.6 Å². The van der Waals surface area contributed by atoms with E-state index in [1.165, 1.54) is 0 Å². The molecule has 1 aliphatic rings. The molecule has 4 N–H and O–H groups in total. The molecule has 166 valence electrons. The van der Waals surface area contributed by atoms with Crippen LogP contribution in [-0.2, 0) is 4.79 Å². The minimum Gasteiger partial charge on any atom is -0.490 e. The van der Waals surface area contributed by atoms with Gasteiger partial charge >= 0.3 is 0 Å². The Morgan fingerprint density at radius 3 is 2.80 bits per heavy atom. The van der Waals surface area contributed by atoms with Crippen LogP contribution in [0.2, 0.25) is 0 Å². The largest absolute Gasteiger partial charge is 0.490 e. The molecule has 1 aromatic heterocycles. The molecule has 1 heterocycles. The Morgan fingerprint density at radius 2 is 2.10 bits per heavy atom. The van der Waals surface area contributed by atoms with Gasteiger partial charge in [0.05, 0.1) is 5.33 Å². The highest BCUT2D eigenvalue weighted by Crippen LogP contribution is 2.37. The molecule has 0 spiro atoms. The third-order valence-corrected chi connectivity index (χ3v) is 6.96. The van der Waals surface area contributed by atoms with Gasteiger partial charge in [-0.3, -0.25) is 4.79 Å². The van der Waals surface area contributed by atoms with Gasteiger partial charge in [-0.25, -0.2) is 0 Å². The lowest BCUT2D eigenvalue weighted by molar-refractivity contribution is -0.120. The average molecular weight is 480 g/mol. The van der Waals surface area contributed by atoms with E-state index < -0.39 is 6.10 Å². The summed E-state index contributed by atoms with van der Waals surface area (Å²) >= 11 is 3.22. The number of aromatic nitrogens is 1. The summed E-state index contributed by atoms with van der Waals surface area (Å²) < 4.78 is 5.87.